The highest BCUT2D eigenvalue weighted by molar-refractivity contribution is 9.10. The van der Waals surface area contributed by atoms with E-state index in [0.717, 1.165) is 15.6 Å². The fraction of sp³-hybridized carbons (Fsp3) is 0.467. The van der Waals surface area contributed by atoms with Gasteiger partial charge in [-0.1, -0.05) is 22.0 Å². The number of halogens is 3. The average molecular weight is 344 g/mol. The van der Waals surface area contributed by atoms with E-state index in [1.54, 1.807) is 6.42 Å². The molecule has 0 heterocycles. The second kappa shape index (κ2) is 5.19. The summed E-state index contributed by atoms with van der Waals surface area (Å²) in [5.41, 5.74) is 1.38. The Morgan fingerprint density at radius 1 is 1.40 bits per heavy atom. The van der Waals surface area contributed by atoms with Gasteiger partial charge in [0.05, 0.1) is 6.10 Å². The van der Waals surface area contributed by atoms with Crippen LogP contribution in [0.2, 0.25) is 0 Å². The molecule has 5 heteroatoms. The van der Waals surface area contributed by atoms with Crippen molar-refractivity contribution in [3.8, 4) is 0 Å². The number of hydrogen-bond donors (Lipinski definition) is 0. The normalized spacial score (nSPS) is 29.2. The molecule has 2 atom stereocenters. The highest BCUT2D eigenvalue weighted by atomic mass is 79.9. The second-order valence-corrected chi connectivity index (χ2v) is 6.42. The summed E-state index contributed by atoms with van der Waals surface area (Å²) < 4.78 is 29.8. The molecule has 0 bridgehead atoms. The zero-order valence-corrected chi connectivity index (χ0v) is 12.3. The molecule has 0 aliphatic heterocycles. The molecule has 2 aliphatic carbocycles. The van der Waals surface area contributed by atoms with Crippen molar-refractivity contribution in [2.75, 3.05) is 0 Å². The number of benzene rings is 1. The fourth-order valence-electron chi connectivity index (χ4n) is 3.26. The SMILES string of the molecule is O=C1c2cc(Br)ccc2CC12C[CH]C(OC(F)F)CC2. The van der Waals surface area contributed by atoms with Crippen molar-refractivity contribution >= 4 is 21.7 Å². The number of rotatable bonds is 2. The van der Waals surface area contributed by atoms with Crippen LogP contribution in [-0.2, 0) is 11.2 Å². The Hall–Kier alpha value is -0.810. The molecule has 1 saturated carbocycles. The summed E-state index contributed by atoms with van der Waals surface area (Å²) in [6.07, 6.45) is 3.48. The van der Waals surface area contributed by atoms with Crippen molar-refractivity contribution in [3.05, 3.63) is 40.2 Å². The van der Waals surface area contributed by atoms with E-state index in [0.29, 0.717) is 25.7 Å². The fourth-order valence-corrected chi connectivity index (χ4v) is 3.62. The van der Waals surface area contributed by atoms with Crippen molar-refractivity contribution in [1.29, 1.82) is 0 Å². The van der Waals surface area contributed by atoms with Gasteiger partial charge in [0.25, 0.3) is 0 Å². The summed E-state index contributed by atoms with van der Waals surface area (Å²) in [5, 5.41) is 0. The lowest BCUT2D eigenvalue weighted by atomic mass is 9.70. The lowest BCUT2D eigenvalue weighted by molar-refractivity contribution is -0.161. The zero-order chi connectivity index (χ0) is 14.3. The summed E-state index contributed by atoms with van der Waals surface area (Å²) in [4.78, 5) is 12.6. The third-order valence-electron chi connectivity index (χ3n) is 4.28. The molecular weight excluding hydrogens is 330 g/mol. The van der Waals surface area contributed by atoms with E-state index >= 15 is 0 Å². The predicted octanol–water partition coefficient (Wildman–Crippen LogP) is 4.17. The summed E-state index contributed by atoms with van der Waals surface area (Å²) in [6, 6.07) is 5.75. The number of hydrogen-bond acceptors (Lipinski definition) is 2. The van der Waals surface area contributed by atoms with Gasteiger partial charge in [-0.15, -0.1) is 0 Å². The monoisotopic (exact) mass is 343 g/mol. The van der Waals surface area contributed by atoms with Gasteiger partial charge in [0.1, 0.15) is 0 Å². The maximum atomic E-state index is 12.6. The van der Waals surface area contributed by atoms with Crippen LogP contribution >= 0.6 is 15.9 Å². The van der Waals surface area contributed by atoms with Crippen molar-refractivity contribution in [2.24, 2.45) is 5.41 Å². The number of fused-ring (bicyclic) bond motifs is 1. The quantitative estimate of drug-likeness (QED) is 0.805. The van der Waals surface area contributed by atoms with E-state index in [1.165, 1.54) is 0 Å². The number of carbonyl (C=O) groups is 1. The van der Waals surface area contributed by atoms with Crippen molar-refractivity contribution in [1.82, 2.24) is 0 Å². The topological polar surface area (TPSA) is 26.3 Å². The first-order valence-electron chi connectivity index (χ1n) is 6.60. The van der Waals surface area contributed by atoms with Gasteiger partial charge in [0.2, 0.25) is 0 Å². The van der Waals surface area contributed by atoms with Gasteiger partial charge in [-0.3, -0.25) is 4.79 Å². The van der Waals surface area contributed by atoms with E-state index in [1.807, 2.05) is 18.2 Å². The Morgan fingerprint density at radius 2 is 2.20 bits per heavy atom. The van der Waals surface area contributed by atoms with Gasteiger partial charge in [-0.05, 0) is 49.8 Å². The first-order valence-corrected chi connectivity index (χ1v) is 7.40. The van der Waals surface area contributed by atoms with Gasteiger partial charge in [-0.2, -0.15) is 8.78 Å². The lowest BCUT2D eigenvalue weighted by Crippen LogP contribution is -2.36. The molecule has 1 fully saturated rings. The minimum Gasteiger partial charge on any atom is -0.319 e. The van der Waals surface area contributed by atoms with Crippen LogP contribution in [0.4, 0.5) is 8.78 Å². The molecule has 107 valence electrons. The number of Topliss-reactive ketones (excluding diaryl/α,β-unsaturated/α-hetero) is 1. The van der Waals surface area contributed by atoms with Crippen LogP contribution in [0.25, 0.3) is 0 Å². The highest BCUT2D eigenvalue weighted by Crippen LogP contribution is 2.47. The van der Waals surface area contributed by atoms with E-state index in [4.69, 9.17) is 0 Å². The van der Waals surface area contributed by atoms with Crippen LogP contribution < -0.4 is 0 Å². The molecule has 20 heavy (non-hydrogen) atoms. The van der Waals surface area contributed by atoms with Crippen LogP contribution in [0, 0.1) is 11.8 Å². The molecule has 0 N–H and O–H groups in total. The molecule has 2 aliphatic rings. The van der Waals surface area contributed by atoms with E-state index in [2.05, 4.69) is 20.7 Å². The maximum absolute atomic E-state index is 12.6. The smallest absolute Gasteiger partial charge is 0.319 e. The molecule has 0 amide bonds. The molecule has 1 radical (unpaired) electrons. The molecule has 1 aromatic carbocycles. The highest BCUT2D eigenvalue weighted by Gasteiger charge is 2.47. The van der Waals surface area contributed by atoms with Crippen LogP contribution in [0.5, 0.6) is 0 Å². The van der Waals surface area contributed by atoms with Crippen LogP contribution in [0.15, 0.2) is 22.7 Å². The Morgan fingerprint density at radius 3 is 2.85 bits per heavy atom. The lowest BCUT2D eigenvalue weighted by Gasteiger charge is -2.35. The van der Waals surface area contributed by atoms with Crippen molar-refractivity contribution < 1.29 is 18.3 Å². The second-order valence-electron chi connectivity index (χ2n) is 5.50. The predicted molar refractivity (Wildman–Crippen MR) is 73.6 cm³/mol. The Bertz CT molecular complexity index is 537. The van der Waals surface area contributed by atoms with Crippen LogP contribution in [-0.4, -0.2) is 18.5 Å². The Kier molecular flexibility index (Phi) is 3.67. The zero-order valence-electron chi connectivity index (χ0n) is 10.7. The summed E-state index contributed by atoms with van der Waals surface area (Å²) >= 11 is 3.38. The van der Waals surface area contributed by atoms with Gasteiger partial charge < -0.3 is 4.74 Å². The molecule has 0 saturated heterocycles. The van der Waals surface area contributed by atoms with Gasteiger partial charge in [0.15, 0.2) is 5.78 Å². The summed E-state index contributed by atoms with van der Waals surface area (Å²) in [6.45, 7) is -2.75. The largest absolute Gasteiger partial charge is 0.345 e. The van der Waals surface area contributed by atoms with E-state index in [9.17, 15) is 13.6 Å². The Labute approximate surface area is 124 Å². The number of carbonyl (C=O) groups excluding carboxylic acids is 1. The van der Waals surface area contributed by atoms with Gasteiger partial charge in [-0.25, -0.2) is 0 Å². The minimum atomic E-state index is -2.75. The molecule has 1 aromatic rings. The maximum Gasteiger partial charge on any atom is 0.345 e. The van der Waals surface area contributed by atoms with Crippen molar-refractivity contribution in [3.63, 3.8) is 0 Å². The number of ether oxygens (including phenoxy) is 1. The van der Waals surface area contributed by atoms with Crippen LogP contribution in [0.3, 0.4) is 0 Å². The summed E-state index contributed by atoms with van der Waals surface area (Å²) in [5.74, 6) is 0.139. The first kappa shape index (κ1) is 14.1. The van der Waals surface area contributed by atoms with Crippen molar-refractivity contribution in [2.45, 2.75) is 38.4 Å². The van der Waals surface area contributed by atoms with Gasteiger partial charge in [0, 0.05) is 15.5 Å². The Balaban J connectivity index is 1.76. The molecule has 0 aromatic heterocycles. The number of alkyl halides is 2. The number of ketones is 1. The van der Waals surface area contributed by atoms with E-state index < -0.39 is 18.1 Å². The minimum absolute atomic E-state index is 0.139. The molecular formula is C15H14BrF2O2. The summed E-state index contributed by atoms with van der Waals surface area (Å²) in [7, 11) is 0. The third-order valence-corrected chi connectivity index (χ3v) is 4.78. The van der Waals surface area contributed by atoms with Gasteiger partial charge >= 0.3 is 6.61 Å². The molecule has 2 unspecified atom stereocenters. The third kappa shape index (κ3) is 2.42. The molecule has 2 nitrogen and oxygen atoms in total. The van der Waals surface area contributed by atoms with E-state index in [-0.39, 0.29) is 5.78 Å². The standard InChI is InChI=1S/C15H14BrF2O2/c16-10-2-1-9-8-15(13(19)12(9)7-10)5-3-11(4-6-15)20-14(17)18/h1-3,7,11,14H,4-6,8H2. The molecule has 1 spiro atoms. The average Bonchev–Trinajstić information content (AvgIpc) is 2.66. The van der Waals surface area contributed by atoms with Crippen LogP contribution in [0.1, 0.15) is 35.2 Å². The first-order chi connectivity index (χ1) is 9.50. The molecule has 3 rings (SSSR count).